The van der Waals surface area contributed by atoms with E-state index in [2.05, 4.69) is 26.7 Å². The summed E-state index contributed by atoms with van der Waals surface area (Å²) in [5.41, 5.74) is 1.58. The van der Waals surface area contributed by atoms with Crippen molar-refractivity contribution in [2.45, 2.75) is 32.1 Å². The normalized spacial score (nSPS) is 15.1. The molecule has 0 atom stereocenters. The summed E-state index contributed by atoms with van der Waals surface area (Å²) in [6.45, 7) is 2.21. The van der Waals surface area contributed by atoms with Gasteiger partial charge in [0, 0.05) is 19.8 Å². The molecule has 2 rings (SSSR count). The summed E-state index contributed by atoms with van der Waals surface area (Å²) >= 11 is 0. The SMILES string of the molecule is CN=C(NCCOc1cccnc1)NCCC1=CCCCC1. The van der Waals surface area contributed by atoms with Crippen LogP contribution in [0.15, 0.2) is 41.2 Å². The fourth-order valence-corrected chi connectivity index (χ4v) is 2.46. The molecule has 1 aliphatic carbocycles. The third kappa shape index (κ3) is 6.16. The van der Waals surface area contributed by atoms with Crippen LogP contribution in [0.1, 0.15) is 32.1 Å². The number of nitrogens with one attached hydrogen (secondary N) is 2. The van der Waals surface area contributed by atoms with Crippen molar-refractivity contribution in [3.8, 4) is 5.75 Å². The molecule has 0 radical (unpaired) electrons. The molecule has 1 aliphatic rings. The number of hydrogen-bond donors (Lipinski definition) is 2. The molecule has 0 unspecified atom stereocenters. The predicted octanol–water partition coefficient (Wildman–Crippen LogP) is 2.52. The van der Waals surface area contributed by atoms with Crippen molar-refractivity contribution in [3.63, 3.8) is 0 Å². The zero-order chi connectivity index (χ0) is 15.5. The van der Waals surface area contributed by atoms with Crippen molar-refractivity contribution >= 4 is 5.96 Å². The van der Waals surface area contributed by atoms with Crippen molar-refractivity contribution in [1.82, 2.24) is 15.6 Å². The van der Waals surface area contributed by atoms with E-state index in [9.17, 15) is 0 Å². The van der Waals surface area contributed by atoms with E-state index in [1.807, 2.05) is 12.1 Å². The lowest BCUT2D eigenvalue weighted by molar-refractivity contribution is 0.320. The monoisotopic (exact) mass is 302 g/mol. The van der Waals surface area contributed by atoms with Gasteiger partial charge >= 0.3 is 0 Å². The highest BCUT2D eigenvalue weighted by atomic mass is 16.5. The van der Waals surface area contributed by atoms with E-state index in [-0.39, 0.29) is 0 Å². The van der Waals surface area contributed by atoms with Crippen molar-refractivity contribution < 1.29 is 4.74 Å². The zero-order valence-electron chi connectivity index (χ0n) is 13.3. The number of allylic oxidation sites excluding steroid dienone is 1. The molecule has 0 saturated carbocycles. The molecule has 0 bridgehead atoms. The largest absolute Gasteiger partial charge is 0.490 e. The van der Waals surface area contributed by atoms with Crippen LogP contribution >= 0.6 is 0 Å². The summed E-state index contributed by atoms with van der Waals surface area (Å²) in [6, 6.07) is 3.77. The summed E-state index contributed by atoms with van der Waals surface area (Å²) in [5, 5.41) is 6.60. The summed E-state index contributed by atoms with van der Waals surface area (Å²) in [6.07, 6.45) is 12.1. The standard InChI is InChI=1S/C17H26N4O/c1-18-17(20-11-9-15-6-3-2-4-7-15)21-12-13-22-16-8-5-10-19-14-16/h5-6,8,10,14H,2-4,7,9,11-13H2,1H3,(H2,18,20,21). The van der Waals surface area contributed by atoms with Crippen LogP contribution in [0.3, 0.4) is 0 Å². The second-order valence-corrected chi connectivity index (χ2v) is 5.32. The average molecular weight is 302 g/mol. The van der Waals surface area contributed by atoms with Crippen LogP contribution in [0.2, 0.25) is 0 Å². The minimum atomic E-state index is 0.581. The van der Waals surface area contributed by atoms with Crippen molar-refractivity contribution in [2.75, 3.05) is 26.7 Å². The van der Waals surface area contributed by atoms with Crippen LogP contribution in [0.25, 0.3) is 0 Å². The highest BCUT2D eigenvalue weighted by molar-refractivity contribution is 5.79. The molecular formula is C17H26N4O. The van der Waals surface area contributed by atoms with E-state index < -0.39 is 0 Å². The highest BCUT2D eigenvalue weighted by Crippen LogP contribution is 2.19. The number of nitrogens with zero attached hydrogens (tertiary/aromatic N) is 2. The second kappa shape index (κ2) is 9.82. The molecule has 1 aromatic rings. The van der Waals surface area contributed by atoms with E-state index in [4.69, 9.17) is 4.74 Å². The van der Waals surface area contributed by atoms with Crippen molar-refractivity contribution in [1.29, 1.82) is 0 Å². The van der Waals surface area contributed by atoms with Gasteiger partial charge in [-0.15, -0.1) is 0 Å². The van der Waals surface area contributed by atoms with Crippen LogP contribution in [-0.4, -0.2) is 37.7 Å². The summed E-state index contributed by atoms with van der Waals surface area (Å²) in [5.74, 6) is 1.61. The minimum Gasteiger partial charge on any atom is -0.490 e. The Morgan fingerprint density at radius 2 is 2.23 bits per heavy atom. The molecule has 5 nitrogen and oxygen atoms in total. The number of hydrogen-bond acceptors (Lipinski definition) is 3. The first-order valence-electron chi connectivity index (χ1n) is 8.04. The maximum atomic E-state index is 5.58. The smallest absolute Gasteiger partial charge is 0.191 e. The van der Waals surface area contributed by atoms with Crippen LogP contribution in [-0.2, 0) is 0 Å². The van der Waals surface area contributed by atoms with Crippen LogP contribution < -0.4 is 15.4 Å². The molecule has 22 heavy (non-hydrogen) atoms. The van der Waals surface area contributed by atoms with Gasteiger partial charge in [-0.1, -0.05) is 11.6 Å². The molecule has 0 saturated heterocycles. The number of aliphatic imine (C=N–C) groups is 1. The fraction of sp³-hybridized carbons (Fsp3) is 0.529. The highest BCUT2D eigenvalue weighted by Gasteiger charge is 2.04. The fourth-order valence-electron chi connectivity index (χ4n) is 2.46. The average Bonchev–Trinajstić information content (AvgIpc) is 2.59. The van der Waals surface area contributed by atoms with Gasteiger partial charge in [0.15, 0.2) is 5.96 Å². The Hall–Kier alpha value is -2.04. The van der Waals surface area contributed by atoms with Gasteiger partial charge in [0.25, 0.3) is 0 Å². The molecule has 0 fully saturated rings. The Bertz CT molecular complexity index is 485. The minimum absolute atomic E-state index is 0.581. The van der Waals surface area contributed by atoms with Crippen LogP contribution in [0.4, 0.5) is 0 Å². The maximum absolute atomic E-state index is 5.58. The molecule has 0 amide bonds. The summed E-state index contributed by atoms with van der Waals surface area (Å²) in [7, 11) is 1.79. The third-order valence-corrected chi connectivity index (χ3v) is 3.64. The molecule has 2 N–H and O–H groups in total. The molecule has 0 spiro atoms. The first-order chi connectivity index (χ1) is 10.9. The van der Waals surface area contributed by atoms with E-state index in [0.717, 1.165) is 24.7 Å². The molecule has 0 aliphatic heterocycles. The Morgan fingerprint density at radius 3 is 2.95 bits per heavy atom. The van der Waals surface area contributed by atoms with Gasteiger partial charge in [0.1, 0.15) is 12.4 Å². The molecule has 0 aromatic carbocycles. The Morgan fingerprint density at radius 1 is 1.32 bits per heavy atom. The Labute approximate surface area is 132 Å². The summed E-state index contributed by atoms with van der Waals surface area (Å²) in [4.78, 5) is 8.24. The number of pyridine rings is 1. The number of aromatic nitrogens is 1. The van der Waals surface area contributed by atoms with E-state index >= 15 is 0 Å². The van der Waals surface area contributed by atoms with Gasteiger partial charge in [-0.2, -0.15) is 0 Å². The van der Waals surface area contributed by atoms with Gasteiger partial charge in [0.2, 0.25) is 0 Å². The number of guanidine groups is 1. The Balaban J connectivity index is 1.58. The lowest BCUT2D eigenvalue weighted by atomic mass is 9.97. The topological polar surface area (TPSA) is 58.5 Å². The lowest BCUT2D eigenvalue weighted by Crippen LogP contribution is -2.39. The number of rotatable bonds is 7. The van der Waals surface area contributed by atoms with Crippen LogP contribution in [0.5, 0.6) is 5.75 Å². The van der Waals surface area contributed by atoms with Gasteiger partial charge < -0.3 is 15.4 Å². The van der Waals surface area contributed by atoms with Crippen molar-refractivity contribution in [2.24, 2.45) is 4.99 Å². The first-order valence-corrected chi connectivity index (χ1v) is 8.04. The van der Waals surface area contributed by atoms with E-state index in [1.54, 1.807) is 25.0 Å². The predicted molar refractivity (Wildman–Crippen MR) is 90.3 cm³/mol. The second-order valence-electron chi connectivity index (χ2n) is 5.32. The maximum Gasteiger partial charge on any atom is 0.191 e. The van der Waals surface area contributed by atoms with Gasteiger partial charge in [-0.25, -0.2) is 0 Å². The molecule has 1 aromatic heterocycles. The molecular weight excluding hydrogens is 276 g/mol. The molecule has 120 valence electrons. The molecule has 1 heterocycles. The van der Waals surface area contributed by atoms with Gasteiger partial charge in [0.05, 0.1) is 12.7 Å². The lowest BCUT2D eigenvalue weighted by Gasteiger charge is -2.15. The molecule has 5 heteroatoms. The zero-order valence-corrected chi connectivity index (χ0v) is 13.3. The Kier molecular flexibility index (Phi) is 7.29. The third-order valence-electron chi connectivity index (χ3n) is 3.64. The van der Waals surface area contributed by atoms with E-state index in [1.165, 1.54) is 25.7 Å². The van der Waals surface area contributed by atoms with Crippen molar-refractivity contribution in [3.05, 3.63) is 36.2 Å². The quantitative estimate of drug-likeness (QED) is 0.352. The van der Waals surface area contributed by atoms with Gasteiger partial charge in [-0.05, 0) is 44.2 Å². The number of ether oxygens (including phenoxy) is 1. The van der Waals surface area contributed by atoms with Gasteiger partial charge in [-0.3, -0.25) is 9.98 Å². The van der Waals surface area contributed by atoms with Crippen LogP contribution in [0, 0.1) is 0 Å². The first kappa shape index (κ1) is 16.3. The van der Waals surface area contributed by atoms with E-state index in [0.29, 0.717) is 13.2 Å². The summed E-state index contributed by atoms with van der Waals surface area (Å²) < 4.78 is 5.58.